The van der Waals surface area contributed by atoms with Gasteiger partial charge in [0.1, 0.15) is 5.76 Å². The number of amides is 2. The topological polar surface area (TPSA) is 143 Å². The van der Waals surface area contributed by atoms with Crippen molar-refractivity contribution in [3.05, 3.63) is 96.0 Å². The molecule has 220 valence electrons. The van der Waals surface area contributed by atoms with E-state index in [1.807, 2.05) is 13.1 Å². The summed E-state index contributed by atoms with van der Waals surface area (Å²) in [4.78, 5) is 32.8. The zero-order chi connectivity index (χ0) is 30.1. The molecule has 2 aromatic heterocycles. The van der Waals surface area contributed by atoms with Crippen molar-refractivity contribution >= 4 is 43.9 Å². The molecule has 1 aliphatic rings. The van der Waals surface area contributed by atoms with Gasteiger partial charge in [0.2, 0.25) is 9.84 Å². The number of aromatic nitrogens is 3. The summed E-state index contributed by atoms with van der Waals surface area (Å²) in [6.45, 7) is 4.70. The summed E-state index contributed by atoms with van der Waals surface area (Å²) in [5, 5.41) is 11.4. The Hall–Kier alpha value is -5.01. The molecule has 6 rings (SSSR count). The zero-order valence-electron chi connectivity index (χ0n) is 23.5. The number of carbonyl (C=O) groups excluding carboxylic acids is 2. The van der Waals surface area contributed by atoms with Crippen molar-refractivity contribution in [1.82, 2.24) is 19.9 Å². The van der Waals surface area contributed by atoms with Gasteiger partial charge in [-0.3, -0.25) is 9.59 Å². The molecule has 3 aromatic carbocycles. The third-order valence-corrected chi connectivity index (χ3v) is 9.10. The van der Waals surface area contributed by atoms with Gasteiger partial charge >= 0.3 is 0 Å². The molecule has 43 heavy (non-hydrogen) atoms. The second-order valence-corrected chi connectivity index (χ2v) is 12.3. The van der Waals surface area contributed by atoms with E-state index in [4.69, 9.17) is 4.52 Å². The average molecular weight is 600 g/mol. The Kier molecular flexibility index (Phi) is 7.42. The molecule has 0 bridgehead atoms. The van der Waals surface area contributed by atoms with Gasteiger partial charge in [0.15, 0.2) is 5.69 Å². The van der Waals surface area contributed by atoms with Gasteiger partial charge in [0.05, 0.1) is 38.4 Å². The molecule has 0 aliphatic carbocycles. The fourth-order valence-electron chi connectivity index (χ4n) is 5.01. The average Bonchev–Trinajstić information content (AvgIpc) is 3.63. The van der Waals surface area contributed by atoms with Crippen molar-refractivity contribution in [2.24, 2.45) is 0 Å². The smallest absolute Gasteiger partial charge is 0.277 e. The molecular weight excluding hydrogens is 570 g/mol. The minimum atomic E-state index is -3.73. The predicted molar refractivity (Wildman–Crippen MR) is 161 cm³/mol. The monoisotopic (exact) mass is 599 g/mol. The van der Waals surface area contributed by atoms with Crippen molar-refractivity contribution in [3.8, 4) is 0 Å². The Morgan fingerprint density at radius 3 is 2.37 bits per heavy atom. The van der Waals surface area contributed by atoms with Crippen molar-refractivity contribution in [3.63, 3.8) is 0 Å². The summed E-state index contributed by atoms with van der Waals surface area (Å²) in [7, 11) is -1.69. The molecule has 13 heteroatoms. The molecule has 2 amide bonds. The molecule has 1 fully saturated rings. The first-order valence-electron chi connectivity index (χ1n) is 13.6. The van der Waals surface area contributed by atoms with Crippen molar-refractivity contribution in [2.45, 2.75) is 16.7 Å². The number of nitrogens with zero attached hydrogens (tertiary/aromatic N) is 5. The lowest BCUT2D eigenvalue weighted by Crippen LogP contribution is -2.45. The summed E-state index contributed by atoms with van der Waals surface area (Å²) in [6, 6.07) is 19.6. The lowest BCUT2D eigenvalue weighted by Gasteiger charge is -2.35. The maximum absolute atomic E-state index is 13.9. The van der Waals surface area contributed by atoms with E-state index in [9.17, 15) is 18.0 Å². The molecule has 0 spiro atoms. The number of likely N-dealkylation sites (N-methyl/N-ethyl adjacent to an activating group) is 1. The van der Waals surface area contributed by atoms with Crippen LogP contribution in [0.5, 0.6) is 0 Å². The SMILES string of the molecule is Cc1cc(C(=O)Nc2cccc(N3CCN(C)CC3)c2C(=O)Nn2ncc3cc(S(=O)(=O)c4ccccc4)ccc32)no1. The Labute approximate surface area is 247 Å². The number of sulfone groups is 1. The molecule has 2 N–H and O–H groups in total. The highest BCUT2D eigenvalue weighted by Crippen LogP contribution is 2.30. The van der Waals surface area contributed by atoms with Crippen LogP contribution in [0.2, 0.25) is 0 Å². The lowest BCUT2D eigenvalue weighted by molar-refractivity contribution is 0.101. The first-order chi connectivity index (χ1) is 20.7. The lowest BCUT2D eigenvalue weighted by atomic mass is 10.1. The molecule has 0 atom stereocenters. The maximum Gasteiger partial charge on any atom is 0.277 e. The number of hydrogen-bond acceptors (Lipinski definition) is 9. The first-order valence-corrected chi connectivity index (χ1v) is 15.1. The number of fused-ring (bicyclic) bond motifs is 1. The van der Waals surface area contributed by atoms with E-state index in [1.165, 1.54) is 29.2 Å². The van der Waals surface area contributed by atoms with E-state index in [0.29, 0.717) is 41.1 Å². The van der Waals surface area contributed by atoms with E-state index in [1.54, 1.807) is 55.5 Å². The highest BCUT2D eigenvalue weighted by molar-refractivity contribution is 7.91. The van der Waals surface area contributed by atoms with Gasteiger partial charge in [0.25, 0.3) is 11.8 Å². The van der Waals surface area contributed by atoms with Crippen LogP contribution in [0.1, 0.15) is 26.6 Å². The van der Waals surface area contributed by atoms with Crippen LogP contribution in [0.15, 0.2) is 93.3 Å². The quantitative estimate of drug-likeness (QED) is 0.287. The Balaban J connectivity index is 1.33. The van der Waals surface area contributed by atoms with Crippen LogP contribution >= 0.6 is 0 Å². The molecule has 12 nitrogen and oxygen atoms in total. The van der Waals surface area contributed by atoms with Crippen LogP contribution < -0.4 is 15.6 Å². The molecule has 0 unspecified atom stereocenters. The number of anilines is 2. The molecular formula is C30H29N7O5S. The highest BCUT2D eigenvalue weighted by Gasteiger charge is 2.26. The Bertz CT molecular complexity index is 1930. The number of benzene rings is 3. The number of aryl methyl sites for hydroxylation is 1. The highest BCUT2D eigenvalue weighted by atomic mass is 32.2. The summed E-state index contributed by atoms with van der Waals surface area (Å²) < 4.78 is 31.3. The van der Waals surface area contributed by atoms with Crippen molar-refractivity contribution in [2.75, 3.05) is 48.9 Å². The molecule has 0 saturated carbocycles. The molecule has 0 radical (unpaired) electrons. The summed E-state index contributed by atoms with van der Waals surface area (Å²) >= 11 is 0. The molecule has 5 aromatic rings. The van der Waals surface area contributed by atoms with Gasteiger partial charge in [-0.15, -0.1) is 0 Å². The van der Waals surface area contributed by atoms with Crippen molar-refractivity contribution in [1.29, 1.82) is 0 Å². The minimum Gasteiger partial charge on any atom is -0.368 e. The number of carbonyl (C=O) groups is 2. The van der Waals surface area contributed by atoms with Crippen LogP contribution in [0, 0.1) is 6.92 Å². The fraction of sp³-hybridized carbons (Fsp3) is 0.200. The third kappa shape index (κ3) is 5.59. The third-order valence-electron chi connectivity index (χ3n) is 7.33. The zero-order valence-corrected chi connectivity index (χ0v) is 24.3. The maximum atomic E-state index is 13.9. The van der Waals surface area contributed by atoms with Crippen LogP contribution in [-0.2, 0) is 9.84 Å². The first kappa shape index (κ1) is 28.1. The second-order valence-electron chi connectivity index (χ2n) is 10.3. The standard InChI is InChI=1S/C30H29N7O5S/c1-20-17-25(34-42-20)29(38)32-24-9-6-10-27(36-15-13-35(2)14-16-36)28(24)30(39)33-37-26-12-11-23(18-21(26)19-31-37)43(40,41)22-7-4-3-5-8-22/h3-12,17-19H,13-16H2,1-2H3,(H,32,38)(H,33,39). The van der Waals surface area contributed by atoms with Gasteiger partial charge in [-0.05, 0) is 56.4 Å². The van der Waals surface area contributed by atoms with Crippen LogP contribution in [0.4, 0.5) is 11.4 Å². The van der Waals surface area contributed by atoms with Gasteiger partial charge in [-0.1, -0.05) is 29.4 Å². The van der Waals surface area contributed by atoms with E-state index in [-0.39, 0.29) is 21.0 Å². The number of hydrogen-bond donors (Lipinski definition) is 2. The van der Waals surface area contributed by atoms with Crippen LogP contribution in [-0.4, -0.2) is 73.4 Å². The van der Waals surface area contributed by atoms with Gasteiger partial charge < -0.3 is 19.6 Å². The summed E-state index contributed by atoms with van der Waals surface area (Å²) in [5.74, 6) is -0.537. The Morgan fingerprint density at radius 2 is 1.65 bits per heavy atom. The van der Waals surface area contributed by atoms with Gasteiger partial charge in [-0.25, -0.2) is 13.8 Å². The van der Waals surface area contributed by atoms with Crippen LogP contribution in [0.25, 0.3) is 10.9 Å². The summed E-state index contributed by atoms with van der Waals surface area (Å²) in [5.41, 5.74) is 4.62. The number of rotatable bonds is 7. The Morgan fingerprint density at radius 1 is 0.884 bits per heavy atom. The normalized spacial score (nSPS) is 14.1. The van der Waals surface area contributed by atoms with Crippen LogP contribution in [0.3, 0.4) is 0 Å². The molecule has 1 aliphatic heterocycles. The number of piperazine rings is 1. The van der Waals surface area contributed by atoms with E-state index >= 15 is 0 Å². The van der Waals surface area contributed by atoms with E-state index in [0.717, 1.165) is 13.1 Å². The van der Waals surface area contributed by atoms with E-state index < -0.39 is 21.7 Å². The summed E-state index contributed by atoms with van der Waals surface area (Å²) in [6.07, 6.45) is 1.49. The van der Waals surface area contributed by atoms with Crippen molar-refractivity contribution < 1.29 is 22.5 Å². The van der Waals surface area contributed by atoms with Gasteiger partial charge in [-0.2, -0.15) is 9.89 Å². The molecule has 1 saturated heterocycles. The number of nitrogens with one attached hydrogen (secondary N) is 2. The van der Waals surface area contributed by atoms with E-state index in [2.05, 4.69) is 30.8 Å². The largest absolute Gasteiger partial charge is 0.368 e. The minimum absolute atomic E-state index is 0.0909. The second kappa shape index (κ2) is 11.3. The molecule has 3 heterocycles. The van der Waals surface area contributed by atoms with Gasteiger partial charge in [0, 0.05) is 37.6 Å². The fourth-order valence-corrected chi connectivity index (χ4v) is 6.33. The predicted octanol–water partition coefficient (Wildman–Crippen LogP) is 3.55.